The van der Waals surface area contributed by atoms with Crippen molar-refractivity contribution >= 4 is 34.6 Å². The van der Waals surface area contributed by atoms with Crippen molar-refractivity contribution < 1.29 is 18.3 Å². The summed E-state index contributed by atoms with van der Waals surface area (Å²) >= 11 is 5.87. The number of hydrogen-bond acceptors (Lipinski definition) is 7. The number of carbonyl (C=O) groups is 1. The minimum atomic E-state index is -0.288. The summed E-state index contributed by atoms with van der Waals surface area (Å²) in [4.78, 5) is 29.6. The Hall–Kier alpha value is -3.72. The number of piperazine rings is 1. The van der Waals surface area contributed by atoms with Crippen LogP contribution in [0.1, 0.15) is 11.5 Å². The van der Waals surface area contributed by atoms with Crippen LogP contribution in [-0.4, -0.2) is 58.5 Å². The van der Waals surface area contributed by atoms with E-state index in [2.05, 4.69) is 19.9 Å². The monoisotopic (exact) mass is 481 g/mol. The number of rotatable bonds is 6. The number of benzene rings is 2. The molecule has 1 fully saturated rings. The van der Waals surface area contributed by atoms with Gasteiger partial charge in [-0.15, -0.1) is 0 Å². The Morgan fingerprint density at radius 2 is 1.76 bits per heavy atom. The topological polar surface area (TPSA) is 84.6 Å². The maximum atomic E-state index is 13.2. The van der Waals surface area contributed by atoms with Crippen LogP contribution in [0.25, 0.3) is 11.2 Å². The summed E-state index contributed by atoms with van der Waals surface area (Å²) in [5, 5.41) is 0.614. The molecule has 0 radical (unpaired) electrons. The van der Waals surface area contributed by atoms with E-state index in [4.69, 9.17) is 20.8 Å². The molecule has 1 aliphatic rings. The summed E-state index contributed by atoms with van der Waals surface area (Å²) in [7, 11) is 0. The highest BCUT2D eigenvalue weighted by Gasteiger charge is 2.25. The summed E-state index contributed by atoms with van der Waals surface area (Å²) in [5.74, 6) is 1.39. The minimum Gasteiger partial charge on any atom is -0.484 e. The summed E-state index contributed by atoms with van der Waals surface area (Å²) in [5.41, 5.74) is 1.86. The highest BCUT2D eigenvalue weighted by Crippen LogP contribution is 2.25. The third kappa shape index (κ3) is 4.94. The average Bonchev–Trinajstić information content (AvgIpc) is 3.27. The number of halogens is 2. The van der Waals surface area contributed by atoms with Crippen molar-refractivity contribution in [3.63, 3.8) is 0 Å². The van der Waals surface area contributed by atoms with Crippen LogP contribution in [0.5, 0.6) is 5.75 Å². The molecule has 0 unspecified atom stereocenters. The van der Waals surface area contributed by atoms with E-state index in [-0.39, 0.29) is 18.3 Å². The second-order valence-electron chi connectivity index (χ2n) is 7.87. The average molecular weight is 482 g/mol. The second kappa shape index (κ2) is 9.64. The van der Waals surface area contributed by atoms with E-state index in [0.717, 1.165) is 5.56 Å². The maximum Gasteiger partial charge on any atom is 0.260 e. The zero-order valence-electron chi connectivity index (χ0n) is 18.2. The Morgan fingerprint density at radius 1 is 1.03 bits per heavy atom. The molecule has 0 N–H and O–H groups in total. The first-order valence-corrected chi connectivity index (χ1v) is 11.2. The van der Waals surface area contributed by atoms with E-state index in [1.165, 1.54) is 18.5 Å². The van der Waals surface area contributed by atoms with Gasteiger partial charge in [0.05, 0.1) is 0 Å². The smallest absolute Gasteiger partial charge is 0.260 e. The number of anilines is 1. The van der Waals surface area contributed by atoms with Crippen molar-refractivity contribution in [2.45, 2.75) is 6.42 Å². The molecule has 8 nitrogen and oxygen atoms in total. The molecule has 0 atom stereocenters. The van der Waals surface area contributed by atoms with Gasteiger partial charge in [0.2, 0.25) is 5.89 Å². The second-order valence-corrected chi connectivity index (χ2v) is 8.31. The normalized spacial score (nSPS) is 13.9. The third-order valence-corrected chi connectivity index (χ3v) is 5.85. The standard InChI is InChI=1S/C24H21ClFN5O3/c25-17-3-7-19(8-4-17)33-14-21(32)30-9-11-31(12-10-30)23-22-24(28-15-27-23)34-20(29-22)13-16-1-5-18(26)6-2-16/h1-8,15H,9-14H2. The third-order valence-electron chi connectivity index (χ3n) is 5.60. The van der Waals surface area contributed by atoms with Crippen molar-refractivity contribution in [1.29, 1.82) is 0 Å². The van der Waals surface area contributed by atoms with E-state index in [1.807, 2.05) is 0 Å². The van der Waals surface area contributed by atoms with Gasteiger partial charge in [-0.05, 0) is 42.0 Å². The highest BCUT2D eigenvalue weighted by atomic mass is 35.5. The molecule has 1 saturated heterocycles. The van der Waals surface area contributed by atoms with Crippen molar-refractivity contribution in [2.75, 3.05) is 37.7 Å². The van der Waals surface area contributed by atoms with E-state index < -0.39 is 0 Å². The molecule has 0 bridgehead atoms. The van der Waals surface area contributed by atoms with Crippen LogP contribution in [-0.2, 0) is 11.2 Å². The van der Waals surface area contributed by atoms with Crippen molar-refractivity contribution in [3.05, 3.63) is 77.2 Å². The highest BCUT2D eigenvalue weighted by molar-refractivity contribution is 6.30. The first-order chi connectivity index (χ1) is 16.5. The number of aromatic nitrogens is 3. The molecule has 0 aliphatic carbocycles. The fourth-order valence-corrected chi connectivity index (χ4v) is 3.93. The molecule has 2 aromatic carbocycles. The molecular weight excluding hydrogens is 461 g/mol. The molecule has 1 aliphatic heterocycles. The van der Waals surface area contributed by atoms with Crippen LogP contribution in [0.2, 0.25) is 5.02 Å². The van der Waals surface area contributed by atoms with Gasteiger partial charge in [0.1, 0.15) is 17.9 Å². The zero-order chi connectivity index (χ0) is 23.5. The van der Waals surface area contributed by atoms with Crippen molar-refractivity contribution in [3.8, 4) is 5.75 Å². The van der Waals surface area contributed by atoms with E-state index >= 15 is 0 Å². The maximum absolute atomic E-state index is 13.2. The van der Waals surface area contributed by atoms with Gasteiger partial charge in [0.25, 0.3) is 11.6 Å². The lowest BCUT2D eigenvalue weighted by Crippen LogP contribution is -2.50. The molecule has 174 valence electrons. The lowest BCUT2D eigenvalue weighted by Gasteiger charge is -2.35. The number of hydrogen-bond donors (Lipinski definition) is 0. The zero-order valence-corrected chi connectivity index (χ0v) is 18.9. The van der Waals surface area contributed by atoms with Gasteiger partial charge in [-0.1, -0.05) is 23.7 Å². The number of ether oxygens (including phenoxy) is 1. The number of oxazole rings is 1. The summed E-state index contributed by atoms with van der Waals surface area (Å²) in [6.45, 7) is 2.23. The fraction of sp³-hybridized carbons (Fsp3) is 0.250. The van der Waals surface area contributed by atoms with Gasteiger partial charge < -0.3 is 19.0 Å². The van der Waals surface area contributed by atoms with E-state index in [1.54, 1.807) is 41.3 Å². The van der Waals surface area contributed by atoms with E-state index in [9.17, 15) is 9.18 Å². The molecule has 3 heterocycles. The number of amides is 1. The van der Waals surface area contributed by atoms with Crippen molar-refractivity contribution in [1.82, 2.24) is 19.9 Å². The summed E-state index contributed by atoms with van der Waals surface area (Å²) in [6, 6.07) is 13.1. The van der Waals surface area contributed by atoms with Crippen LogP contribution < -0.4 is 9.64 Å². The molecule has 2 aromatic heterocycles. The number of nitrogens with zero attached hydrogens (tertiary/aromatic N) is 5. The molecular formula is C24H21ClFN5O3. The van der Waals surface area contributed by atoms with Gasteiger partial charge >= 0.3 is 0 Å². The van der Waals surface area contributed by atoms with Crippen LogP contribution in [0.4, 0.5) is 10.2 Å². The lowest BCUT2D eigenvalue weighted by atomic mass is 10.1. The summed E-state index contributed by atoms with van der Waals surface area (Å²) < 4.78 is 24.5. The minimum absolute atomic E-state index is 0.0323. The van der Waals surface area contributed by atoms with Crippen LogP contribution in [0.15, 0.2) is 59.3 Å². The fourth-order valence-electron chi connectivity index (χ4n) is 3.80. The molecule has 1 amide bonds. The molecule has 0 saturated carbocycles. The molecule has 4 aromatic rings. The number of carbonyl (C=O) groups excluding carboxylic acids is 1. The Balaban J connectivity index is 1.22. The van der Waals surface area contributed by atoms with Gasteiger partial charge in [0.15, 0.2) is 17.9 Å². The van der Waals surface area contributed by atoms with Crippen LogP contribution in [0, 0.1) is 5.82 Å². The Morgan fingerprint density at radius 3 is 2.50 bits per heavy atom. The largest absolute Gasteiger partial charge is 0.484 e. The predicted octanol–water partition coefficient (Wildman–Crippen LogP) is 3.73. The number of fused-ring (bicyclic) bond motifs is 1. The first-order valence-electron chi connectivity index (χ1n) is 10.8. The van der Waals surface area contributed by atoms with Crippen molar-refractivity contribution in [2.24, 2.45) is 0 Å². The van der Waals surface area contributed by atoms with Gasteiger partial charge in [0, 0.05) is 37.6 Å². The molecule has 34 heavy (non-hydrogen) atoms. The Labute approximate surface area is 199 Å². The van der Waals surface area contributed by atoms with Crippen LogP contribution in [0.3, 0.4) is 0 Å². The first kappa shape index (κ1) is 22.1. The van der Waals surface area contributed by atoms with Gasteiger partial charge in [-0.2, -0.15) is 4.98 Å². The quantitative estimate of drug-likeness (QED) is 0.415. The molecule has 10 heteroatoms. The van der Waals surface area contributed by atoms with E-state index in [0.29, 0.717) is 66.3 Å². The van der Waals surface area contributed by atoms with Crippen LogP contribution >= 0.6 is 11.6 Å². The Bertz CT molecular complexity index is 1290. The lowest BCUT2D eigenvalue weighted by molar-refractivity contribution is -0.133. The van der Waals surface area contributed by atoms with Gasteiger partial charge in [-0.25, -0.2) is 14.4 Å². The van der Waals surface area contributed by atoms with Gasteiger partial charge in [-0.3, -0.25) is 4.79 Å². The molecule has 0 spiro atoms. The summed E-state index contributed by atoms with van der Waals surface area (Å²) in [6.07, 6.45) is 1.87. The predicted molar refractivity (Wildman–Crippen MR) is 125 cm³/mol. The SMILES string of the molecule is O=C(COc1ccc(Cl)cc1)N1CCN(c2ncnc3oc(Cc4ccc(F)cc4)nc23)CC1. The Kier molecular flexibility index (Phi) is 6.27. The molecule has 5 rings (SSSR count).